The summed E-state index contributed by atoms with van der Waals surface area (Å²) in [6.07, 6.45) is 7.36. The molecule has 4 nitrogen and oxygen atoms in total. The Balaban J connectivity index is 1.63. The molecule has 1 atom stereocenters. The van der Waals surface area contributed by atoms with Crippen molar-refractivity contribution in [2.75, 3.05) is 5.32 Å². The summed E-state index contributed by atoms with van der Waals surface area (Å²) in [5.41, 5.74) is 2.21. The first-order valence-electron chi connectivity index (χ1n) is 6.53. The molecule has 1 saturated carbocycles. The molecule has 1 aliphatic carbocycles. The highest BCUT2D eigenvalue weighted by atomic mass is 15.3. The van der Waals surface area contributed by atoms with E-state index >= 15 is 0 Å². The van der Waals surface area contributed by atoms with Gasteiger partial charge in [0.05, 0.1) is 5.69 Å². The lowest BCUT2D eigenvalue weighted by Crippen LogP contribution is -2.15. The molecule has 2 aromatic rings. The summed E-state index contributed by atoms with van der Waals surface area (Å²) in [6.45, 7) is 2.25. The molecule has 3 rings (SSSR count). The van der Waals surface area contributed by atoms with Gasteiger partial charge in [-0.15, -0.1) is 0 Å². The van der Waals surface area contributed by atoms with E-state index in [2.05, 4.69) is 46.6 Å². The number of hydrogen-bond donors (Lipinski definition) is 1. The van der Waals surface area contributed by atoms with Crippen molar-refractivity contribution in [2.45, 2.75) is 32.2 Å². The Morgan fingerprint density at radius 1 is 1.33 bits per heavy atom. The normalized spacial score (nSPS) is 16.5. The summed E-state index contributed by atoms with van der Waals surface area (Å²) < 4.78 is 1.76. The maximum atomic E-state index is 4.11. The first kappa shape index (κ1) is 11.3. The molecule has 0 bridgehead atoms. The standard InChI is InChI=1S/C14H18N4/c1-11(8-12-2-3-12)17-13-4-6-14(7-5-13)18-10-15-9-16-18/h4-7,9-12,17H,2-3,8H2,1H3. The van der Waals surface area contributed by atoms with Gasteiger partial charge < -0.3 is 5.32 Å². The molecule has 4 heteroatoms. The van der Waals surface area contributed by atoms with Gasteiger partial charge in [-0.2, -0.15) is 5.10 Å². The molecule has 1 aromatic heterocycles. The predicted octanol–water partition coefficient (Wildman–Crippen LogP) is 2.87. The molecular weight excluding hydrogens is 224 g/mol. The first-order chi connectivity index (χ1) is 8.81. The zero-order valence-corrected chi connectivity index (χ0v) is 10.6. The van der Waals surface area contributed by atoms with E-state index in [0.717, 1.165) is 11.6 Å². The van der Waals surface area contributed by atoms with Gasteiger partial charge in [-0.05, 0) is 43.5 Å². The monoisotopic (exact) mass is 242 g/mol. The molecule has 0 aliphatic heterocycles. The van der Waals surface area contributed by atoms with Gasteiger partial charge in [-0.25, -0.2) is 9.67 Å². The molecule has 1 unspecified atom stereocenters. The van der Waals surface area contributed by atoms with E-state index in [-0.39, 0.29) is 0 Å². The van der Waals surface area contributed by atoms with Crippen LogP contribution in [-0.2, 0) is 0 Å². The lowest BCUT2D eigenvalue weighted by molar-refractivity contribution is 0.642. The van der Waals surface area contributed by atoms with Gasteiger partial charge in [0.25, 0.3) is 0 Å². The number of anilines is 1. The molecule has 1 aliphatic rings. The fourth-order valence-corrected chi connectivity index (χ4v) is 2.25. The van der Waals surface area contributed by atoms with Crippen molar-refractivity contribution in [1.82, 2.24) is 14.8 Å². The number of hydrogen-bond acceptors (Lipinski definition) is 3. The molecule has 94 valence electrons. The quantitative estimate of drug-likeness (QED) is 0.876. The summed E-state index contributed by atoms with van der Waals surface area (Å²) in [4.78, 5) is 3.95. The zero-order chi connectivity index (χ0) is 12.4. The third-order valence-electron chi connectivity index (χ3n) is 3.35. The Bertz CT molecular complexity index is 485. The lowest BCUT2D eigenvalue weighted by atomic mass is 10.1. The van der Waals surface area contributed by atoms with E-state index < -0.39 is 0 Å². The average Bonchev–Trinajstić information content (AvgIpc) is 3.01. The predicted molar refractivity (Wildman–Crippen MR) is 71.8 cm³/mol. The molecule has 0 amide bonds. The lowest BCUT2D eigenvalue weighted by Gasteiger charge is -2.15. The maximum Gasteiger partial charge on any atom is 0.138 e. The van der Waals surface area contributed by atoms with Gasteiger partial charge in [-0.1, -0.05) is 12.8 Å². The fraction of sp³-hybridized carbons (Fsp3) is 0.429. The third kappa shape index (κ3) is 2.70. The SMILES string of the molecule is CC(CC1CC1)Nc1ccc(-n2cncn2)cc1. The van der Waals surface area contributed by atoms with Gasteiger partial charge in [0.15, 0.2) is 0 Å². The van der Waals surface area contributed by atoms with Crippen LogP contribution in [0.3, 0.4) is 0 Å². The minimum atomic E-state index is 0.551. The highest BCUT2D eigenvalue weighted by Gasteiger charge is 2.23. The number of benzene rings is 1. The van der Waals surface area contributed by atoms with Gasteiger partial charge in [0, 0.05) is 11.7 Å². The Morgan fingerprint density at radius 2 is 2.11 bits per heavy atom. The van der Waals surface area contributed by atoms with E-state index in [0.29, 0.717) is 6.04 Å². The zero-order valence-electron chi connectivity index (χ0n) is 10.6. The molecule has 0 radical (unpaired) electrons. The second-order valence-electron chi connectivity index (χ2n) is 5.11. The van der Waals surface area contributed by atoms with Gasteiger partial charge in [0.2, 0.25) is 0 Å². The van der Waals surface area contributed by atoms with Gasteiger partial charge in [0.1, 0.15) is 12.7 Å². The topological polar surface area (TPSA) is 42.7 Å². The fourth-order valence-electron chi connectivity index (χ4n) is 2.25. The number of nitrogens with one attached hydrogen (secondary N) is 1. The highest BCUT2D eigenvalue weighted by Crippen LogP contribution is 2.34. The van der Waals surface area contributed by atoms with Crippen LogP contribution in [-0.4, -0.2) is 20.8 Å². The van der Waals surface area contributed by atoms with Crippen molar-refractivity contribution in [3.8, 4) is 5.69 Å². The summed E-state index contributed by atoms with van der Waals surface area (Å²) in [7, 11) is 0. The van der Waals surface area contributed by atoms with Crippen LogP contribution in [0.5, 0.6) is 0 Å². The van der Waals surface area contributed by atoms with Crippen LogP contribution in [0.15, 0.2) is 36.9 Å². The van der Waals surface area contributed by atoms with Crippen LogP contribution in [0.25, 0.3) is 5.69 Å². The van der Waals surface area contributed by atoms with Gasteiger partial charge >= 0.3 is 0 Å². The minimum absolute atomic E-state index is 0.551. The summed E-state index contributed by atoms with van der Waals surface area (Å²) in [5.74, 6) is 0.960. The molecule has 1 fully saturated rings. The van der Waals surface area contributed by atoms with Crippen LogP contribution < -0.4 is 5.32 Å². The molecule has 18 heavy (non-hydrogen) atoms. The van der Waals surface area contributed by atoms with Crippen molar-refractivity contribution in [2.24, 2.45) is 5.92 Å². The maximum absolute atomic E-state index is 4.11. The van der Waals surface area contributed by atoms with Crippen molar-refractivity contribution >= 4 is 5.69 Å². The van der Waals surface area contributed by atoms with Crippen molar-refractivity contribution in [3.63, 3.8) is 0 Å². The molecule has 0 saturated heterocycles. The number of rotatable bonds is 5. The van der Waals surface area contributed by atoms with Crippen LogP contribution in [0.1, 0.15) is 26.2 Å². The molecular formula is C14H18N4. The number of aromatic nitrogens is 3. The highest BCUT2D eigenvalue weighted by molar-refractivity contribution is 5.48. The van der Waals surface area contributed by atoms with E-state index in [4.69, 9.17) is 0 Å². The molecule has 1 aromatic carbocycles. The van der Waals surface area contributed by atoms with Crippen molar-refractivity contribution in [3.05, 3.63) is 36.9 Å². The Morgan fingerprint density at radius 3 is 2.72 bits per heavy atom. The second-order valence-corrected chi connectivity index (χ2v) is 5.11. The minimum Gasteiger partial charge on any atom is -0.383 e. The van der Waals surface area contributed by atoms with Crippen molar-refractivity contribution in [1.29, 1.82) is 0 Å². The van der Waals surface area contributed by atoms with Crippen LogP contribution in [0.2, 0.25) is 0 Å². The van der Waals surface area contributed by atoms with Crippen LogP contribution in [0.4, 0.5) is 5.69 Å². The summed E-state index contributed by atoms with van der Waals surface area (Å²) in [6, 6.07) is 8.86. The molecule has 1 heterocycles. The smallest absolute Gasteiger partial charge is 0.138 e. The van der Waals surface area contributed by atoms with E-state index in [1.165, 1.54) is 24.9 Å². The number of nitrogens with zero attached hydrogens (tertiary/aromatic N) is 3. The molecule has 1 N–H and O–H groups in total. The Kier molecular flexibility index (Phi) is 3.00. The second kappa shape index (κ2) is 4.80. The third-order valence-corrected chi connectivity index (χ3v) is 3.35. The van der Waals surface area contributed by atoms with Crippen LogP contribution >= 0.6 is 0 Å². The van der Waals surface area contributed by atoms with E-state index in [1.54, 1.807) is 17.3 Å². The molecule has 0 spiro atoms. The van der Waals surface area contributed by atoms with E-state index in [9.17, 15) is 0 Å². The van der Waals surface area contributed by atoms with E-state index in [1.807, 2.05) is 0 Å². The largest absolute Gasteiger partial charge is 0.383 e. The Labute approximate surface area is 107 Å². The van der Waals surface area contributed by atoms with Gasteiger partial charge in [-0.3, -0.25) is 0 Å². The summed E-state index contributed by atoms with van der Waals surface area (Å²) >= 11 is 0. The Hall–Kier alpha value is -1.84. The first-order valence-corrected chi connectivity index (χ1v) is 6.53. The average molecular weight is 242 g/mol. The van der Waals surface area contributed by atoms with Crippen LogP contribution in [0, 0.1) is 5.92 Å². The summed E-state index contributed by atoms with van der Waals surface area (Å²) in [5, 5.41) is 7.65. The van der Waals surface area contributed by atoms with Crippen molar-refractivity contribution < 1.29 is 0 Å².